The summed E-state index contributed by atoms with van der Waals surface area (Å²) in [6, 6.07) is 15.7. The average Bonchev–Trinajstić information content (AvgIpc) is 3.01. The van der Waals surface area contributed by atoms with Crippen LogP contribution >= 0.6 is 0 Å². The van der Waals surface area contributed by atoms with Crippen LogP contribution in [-0.2, 0) is 9.53 Å². The molecule has 0 fully saturated rings. The van der Waals surface area contributed by atoms with Gasteiger partial charge in [-0.3, -0.25) is 0 Å². The van der Waals surface area contributed by atoms with E-state index in [9.17, 15) is 4.79 Å². The maximum Gasteiger partial charge on any atom is 0.363 e. The molecule has 0 aliphatic carbocycles. The number of allylic oxidation sites excluding steroid dienone is 2. The van der Waals surface area contributed by atoms with E-state index < -0.39 is 5.97 Å². The molecule has 0 saturated heterocycles. The lowest BCUT2D eigenvalue weighted by Gasteiger charge is -2.02. The fraction of sp³-hybridized carbons (Fsp3) is 0.0909. The molecule has 0 saturated carbocycles. The number of ether oxygens (including phenoxy) is 2. The first-order valence-corrected chi connectivity index (χ1v) is 8.23. The Bertz CT molecular complexity index is 919. The van der Waals surface area contributed by atoms with Crippen molar-refractivity contribution >= 4 is 24.0 Å². The highest BCUT2D eigenvalue weighted by Crippen LogP contribution is 2.19. The second-order valence-corrected chi connectivity index (χ2v) is 5.74. The Labute approximate surface area is 152 Å². The fourth-order valence-corrected chi connectivity index (χ4v) is 2.40. The molecule has 0 amide bonds. The summed E-state index contributed by atoms with van der Waals surface area (Å²) in [5.74, 6) is 0.590. The Morgan fingerprint density at radius 3 is 2.54 bits per heavy atom. The van der Waals surface area contributed by atoms with Gasteiger partial charge in [0.25, 0.3) is 0 Å². The lowest BCUT2D eigenvalue weighted by atomic mass is 10.1. The zero-order valence-electron chi connectivity index (χ0n) is 14.7. The SMILES string of the molecule is COc1ccccc1C=CC=C1N=C(/C=C/c2ccc(C)cc2)OC1=O. The van der Waals surface area contributed by atoms with Crippen molar-refractivity contribution in [2.75, 3.05) is 7.11 Å². The van der Waals surface area contributed by atoms with Crippen LogP contribution in [0.25, 0.3) is 12.2 Å². The van der Waals surface area contributed by atoms with Gasteiger partial charge in [0.15, 0.2) is 5.70 Å². The van der Waals surface area contributed by atoms with Crippen molar-refractivity contribution in [3.63, 3.8) is 0 Å². The van der Waals surface area contributed by atoms with Crippen molar-refractivity contribution in [2.24, 2.45) is 4.99 Å². The van der Waals surface area contributed by atoms with Crippen molar-refractivity contribution < 1.29 is 14.3 Å². The molecule has 0 unspecified atom stereocenters. The van der Waals surface area contributed by atoms with E-state index in [1.807, 2.05) is 67.6 Å². The number of rotatable bonds is 5. The third-order valence-corrected chi connectivity index (χ3v) is 3.80. The van der Waals surface area contributed by atoms with Crippen molar-refractivity contribution in [3.05, 3.63) is 89.1 Å². The number of nitrogens with zero attached hydrogens (tertiary/aromatic N) is 1. The number of para-hydroxylation sites is 1. The van der Waals surface area contributed by atoms with E-state index in [4.69, 9.17) is 9.47 Å². The number of hydrogen-bond donors (Lipinski definition) is 0. The predicted molar refractivity (Wildman–Crippen MR) is 104 cm³/mol. The van der Waals surface area contributed by atoms with Crippen LogP contribution in [0, 0.1) is 6.92 Å². The number of esters is 1. The summed E-state index contributed by atoms with van der Waals surface area (Å²) in [7, 11) is 1.62. The Hall–Kier alpha value is -3.40. The monoisotopic (exact) mass is 345 g/mol. The summed E-state index contributed by atoms with van der Waals surface area (Å²) in [5, 5.41) is 0. The van der Waals surface area contributed by atoms with Crippen LogP contribution < -0.4 is 4.74 Å². The summed E-state index contributed by atoms with van der Waals surface area (Å²) in [4.78, 5) is 16.1. The van der Waals surface area contributed by atoms with E-state index in [1.54, 1.807) is 25.3 Å². The molecule has 2 aromatic rings. The van der Waals surface area contributed by atoms with Crippen molar-refractivity contribution in [3.8, 4) is 5.75 Å². The number of aryl methyl sites for hydroxylation is 1. The van der Waals surface area contributed by atoms with E-state index in [0.29, 0.717) is 0 Å². The van der Waals surface area contributed by atoms with Gasteiger partial charge in [-0.1, -0.05) is 60.2 Å². The highest BCUT2D eigenvalue weighted by molar-refractivity contribution is 6.09. The Morgan fingerprint density at radius 2 is 1.77 bits per heavy atom. The summed E-state index contributed by atoms with van der Waals surface area (Å²) >= 11 is 0. The normalized spacial score (nSPS) is 15.7. The molecule has 4 nitrogen and oxygen atoms in total. The van der Waals surface area contributed by atoms with E-state index in [-0.39, 0.29) is 11.6 Å². The van der Waals surface area contributed by atoms with Crippen LogP contribution in [0.4, 0.5) is 0 Å². The van der Waals surface area contributed by atoms with E-state index in [2.05, 4.69) is 4.99 Å². The van der Waals surface area contributed by atoms with Crippen LogP contribution in [0.5, 0.6) is 5.75 Å². The molecule has 26 heavy (non-hydrogen) atoms. The third kappa shape index (κ3) is 4.36. The molecular weight excluding hydrogens is 326 g/mol. The molecule has 4 heteroatoms. The summed E-state index contributed by atoms with van der Waals surface area (Å²) in [6.07, 6.45) is 8.79. The number of cyclic esters (lactones) is 1. The van der Waals surface area contributed by atoms with Gasteiger partial charge in [0, 0.05) is 11.6 Å². The minimum absolute atomic E-state index is 0.264. The second kappa shape index (κ2) is 8.12. The topological polar surface area (TPSA) is 47.9 Å². The van der Waals surface area contributed by atoms with Crippen molar-refractivity contribution in [1.29, 1.82) is 0 Å². The van der Waals surface area contributed by atoms with Crippen molar-refractivity contribution in [1.82, 2.24) is 0 Å². The molecule has 1 aliphatic heterocycles. The van der Waals surface area contributed by atoms with Crippen LogP contribution in [0.3, 0.4) is 0 Å². The van der Waals surface area contributed by atoms with Gasteiger partial charge in [0.2, 0.25) is 5.90 Å². The molecular formula is C22H19NO3. The van der Waals surface area contributed by atoms with E-state index in [1.165, 1.54) is 5.56 Å². The summed E-state index contributed by atoms with van der Waals surface area (Å²) in [5.41, 5.74) is 3.39. The molecule has 0 spiro atoms. The van der Waals surface area contributed by atoms with Gasteiger partial charge in [-0.2, -0.15) is 0 Å². The number of aliphatic imine (C=N–C) groups is 1. The molecule has 0 N–H and O–H groups in total. The van der Waals surface area contributed by atoms with Gasteiger partial charge in [-0.15, -0.1) is 0 Å². The molecule has 130 valence electrons. The molecule has 0 bridgehead atoms. The zero-order chi connectivity index (χ0) is 18.4. The lowest BCUT2D eigenvalue weighted by molar-refractivity contribution is -0.129. The Kier molecular flexibility index (Phi) is 5.44. The molecule has 1 aliphatic rings. The largest absolute Gasteiger partial charge is 0.496 e. The summed E-state index contributed by atoms with van der Waals surface area (Å²) in [6.45, 7) is 2.03. The number of carbonyl (C=O) groups is 1. The number of carbonyl (C=O) groups excluding carboxylic acids is 1. The predicted octanol–water partition coefficient (Wildman–Crippen LogP) is 4.57. The molecule has 2 aromatic carbocycles. The highest BCUT2D eigenvalue weighted by atomic mass is 16.6. The van der Waals surface area contributed by atoms with Gasteiger partial charge < -0.3 is 9.47 Å². The lowest BCUT2D eigenvalue weighted by Crippen LogP contribution is -2.00. The highest BCUT2D eigenvalue weighted by Gasteiger charge is 2.20. The average molecular weight is 345 g/mol. The van der Waals surface area contributed by atoms with Gasteiger partial charge >= 0.3 is 5.97 Å². The van der Waals surface area contributed by atoms with Gasteiger partial charge in [-0.25, -0.2) is 9.79 Å². The van der Waals surface area contributed by atoms with Crippen LogP contribution in [0.15, 0.2) is 77.4 Å². The first-order valence-electron chi connectivity index (χ1n) is 8.23. The quantitative estimate of drug-likeness (QED) is 0.589. The second-order valence-electron chi connectivity index (χ2n) is 5.74. The zero-order valence-corrected chi connectivity index (χ0v) is 14.7. The minimum atomic E-state index is -0.460. The van der Waals surface area contributed by atoms with Gasteiger partial charge in [0.1, 0.15) is 5.75 Å². The standard InChI is InChI=1S/C22H19NO3/c1-16-10-12-17(13-11-16)14-15-21-23-19(22(24)26-21)8-5-7-18-6-3-4-9-20(18)25-2/h3-15H,1-2H3/b7-5?,15-14+,19-8?. The minimum Gasteiger partial charge on any atom is -0.496 e. The molecule has 0 atom stereocenters. The molecule has 0 aromatic heterocycles. The Morgan fingerprint density at radius 1 is 1.00 bits per heavy atom. The maximum atomic E-state index is 11.9. The van der Waals surface area contributed by atoms with Crippen LogP contribution in [0.2, 0.25) is 0 Å². The number of benzene rings is 2. The van der Waals surface area contributed by atoms with E-state index >= 15 is 0 Å². The van der Waals surface area contributed by atoms with E-state index in [0.717, 1.165) is 16.9 Å². The van der Waals surface area contributed by atoms with Gasteiger partial charge in [-0.05, 0) is 30.7 Å². The molecule has 3 rings (SSSR count). The first-order chi connectivity index (χ1) is 12.7. The summed E-state index contributed by atoms with van der Waals surface area (Å²) < 4.78 is 10.5. The number of methoxy groups -OCH3 is 1. The molecule has 0 radical (unpaired) electrons. The third-order valence-electron chi connectivity index (χ3n) is 3.80. The fourth-order valence-electron chi connectivity index (χ4n) is 2.40. The first kappa shape index (κ1) is 17.4. The van der Waals surface area contributed by atoms with Gasteiger partial charge in [0.05, 0.1) is 7.11 Å². The van der Waals surface area contributed by atoms with Crippen LogP contribution in [0.1, 0.15) is 16.7 Å². The van der Waals surface area contributed by atoms with Crippen LogP contribution in [-0.4, -0.2) is 19.0 Å². The van der Waals surface area contributed by atoms with Crippen molar-refractivity contribution in [2.45, 2.75) is 6.92 Å². The smallest absolute Gasteiger partial charge is 0.363 e. The molecule has 1 heterocycles. The number of hydrogen-bond acceptors (Lipinski definition) is 4. The maximum absolute atomic E-state index is 11.9. The Balaban J connectivity index is 1.72.